The van der Waals surface area contributed by atoms with Crippen LogP contribution in [0.4, 0.5) is 0 Å². The third-order valence-corrected chi connectivity index (χ3v) is 13.4. The molecular weight excluding hydrogens is 512 g/mol. The van der Waals surface area contributed by atoms with Gasteiger partial charge in [-0.3, -0.25) is 0 Å². The second-order valence-electron chi connectivity index (χ2n) is 12.7. The lowest BCUT2D eigenvalue weighted by atomic mass is 9.86. The summed E-state index contributed by atoms with van der Waals surface area (Å²) in [7, 11) is -2.54. The highest BCUT2D eigenvalue weighted by Crippen LogP contribution is 2.38. The van der Waals surface area contributed by atoms with Crippen LogP contribution in [-0.2, 0) is 20.5 Å². The molecule has 3 aromatic rings. The molecule has 0 saturated carbocycles. The second kappa shape index (κ2) is 13.6. The van der Waals surface area contributed by atoms with Crippen molar-refractivity contribution in [2.45, 2.75) is 96.4 Å². The zero-order chi connectivity index (χ0) is 28.6. The Morgan fingerprint density at radius 1 is 0.900 bits per heavy atom. The average Bonchev–Trinajstić information content (AvgIpc) is 2.94. The van der Waals surface area contributed by atoms with Gasteiger partial charge >= 0.3 is 0 Å². The van der Waals surface area contributed by atoms with Gasteiger partial charge in [0.05, 0.1) is 18.3 Å². The number of rotatable bonds is 12. The molecule has 0 bridgehead atoms. The second-order valence-corrected chi connectivity index (χ2v) is 17.0. The highest BCUT2D eigenvalue weighted by atomic mass is 28.4. The topological polar surface area (TPSA) is 47.9 Å². The van der Waals surface area contributed by atoms with Crippen molar-refractivity contribution in [2.24, 2.45) is 5.92 Å². The van der Waals surface area contributed by atoms with E-state index in [2.05, 4.69) is 107 Å². The van der Waals surface area contributed by atoms with Gasteiger partial charge in [0.15, 0.2) is 6.29 Å². The monoisotopic (exact) mass is 560 g/mol. The minimum atomic E-state index is -2.54. The van der Waals surface area contributed by atoms with Gasteiger partial charge in [-0.1, -0.05) is 125 Å². The van der Waals surface area contributed by atoms with Crippen LogP contribution >= 0.6 is 0 Å². The molecule has 40 heavy (non-hydrogen) atoms. The van der Waals surface area contributed by atoms with E-state index in [-0.39, 0.29) is 11.1 Å². The van der Waals surface area contributed by atoms with Crippen molar-refractivity contribution in [1.29, 1.82) is 0 Å². The molecule has 0 spiro atoms. The summed E-state index contributed by atoms with van der Waals surface area (Å²) in [6, 6.07) is 32.0. The van der Waals surface area contributed by atoms with E-state index in [4.69, 9.17) is 13.9 Å². The maximum absolute atomic E-state index is 10.3. The summed E-state index contributed by atoms with van der Waals surface area (Å²) in [4.78, 5) is 0. The van der Waals surface area contributed by atoms with Crippen molar-refractivity contribution in [3.8, 4) is 0 Å². The van der Waals surface area contributed by atoms with Crippen LogP contribution in [0.1, 0.15) is 72.3 Å². The van der Waals surface area contributed by atoms with E-state index in [0.29, 0.717) is 25.6 Å². The molecule has 1 fully saturated rings. The molecule has 1 aliphatic rings. The van der Waals surface area contributed by atoms with E-state index >= 15 is 0 Å². The first-order valence-electron chi connectivity index (χ1n) is 14.9. The van der Waals surface area contributed by atoms with Crippen molar-refractivity contribution in [3.05, 3.63) is 96.6 Å². The molecule has 1 aliphatic heterocycles. The Morgan fingerprint density at radius 3 is 2.00 bits per heavy atom. The fourth-order valence-electron chi connectivity index (χ4n) is 6.21. The zero-order valence-electron chi connectivity index (χ0n) is 25.0. The van der Waals surface area contributed by atoms with Crippen LogP contribution < -0.4 is 10.4 Å². The van der Waals surface area contributed by atoms with E-state index in [0.717, 1.165) is 31.2 Å². The molecule has 0 aliphatic carbocycles. The number of benzene rings is 3. The van der Waals surface area contributed by atoms with E-state index in [1.807, 2.05) is 18.2 Å². The minimum absolute atomic E-state index is 0.0295. The van der Waals surface area contributed by atoms with E-state index < -0.39 is 20.2 Å². The lowest BCUT2D eigenvalue weighted by molar-refractivity contribution is -0.259. The summed E-state index contributed by atoms with van der Waals surface area (Å²) >= 11 is 0. The fraction of sp³-hybridized carbons (Fsp3) is 0.486. The Labute approximate surface area is 242 Å². The van der Waals surface area contributed by atoms with Gasteiger partial charge in [0.25, 0.3) is 8.32 Å². The van der Waals surface area contributed by atoms with E-state index in [1.165, 1.54) is 10.4 Å². The Kier molecular flexibility index (Phi) is 10.4. The van der Waals surface area contributed by atoms with E-state index in [9.17, 15) is 5.11 Å². The molecule has 216 valence electrons. The van der Waals surface area contributed by atoms with Crippen LogP contribution in [0.2, 0.25) is 5.04 Å². The quantitative estimate of drug-likeness (QED) is 0.246. The van der Waals surface area contributed by atoms with Crippen molar-refractivity contribution < 1.29 is 19.0 Å². The standard InChI is InChI=1S/C35H48O4Si/c1-28(16-15-25-35(5)32(23-24-33(36)39-35)37-27-29-17-9-6-10-18-29)26-38-40(34(2,3)4,30-19-11-7-12-20-30)31-21-13-8-14-22-31/h6-14,17-22,28,32-33,36H,15-16,23-27H2,1-5H3/t28?,32-,33?,35+/m1/s1. The average molecular weight is 561 g/mol. The number of aliphatic hydroxyl groups is 1. The van der Waals surface area contributed by atoms with Crippen LogP contribution in [0.5, 0.6) is 0 Å². The van der Waals surface area contributed by atoms with Crippen LogP contribution in [0.15, 0.2) is 91.0 Å². The molecule has 1 N–H and O–H groups in total. The first kappa shape index (κ1) is 30.7. The van der Waals surface area contributed by atoms with Gasteiger partial charge in [-0.05, 0) is 53.1 Å². The van der Waals surface area contributed by atoms with E-state index in [1.54, 1.807) is 0 Å². The zero-order valence-corrected chi connectivity index (χ0v) is 26.0. The van der Waals surface area contributed by atoms with Gasteiger partial charge in [0.2, 0.25) is 0 Å². The smallest absolute Gasteiger partial charge is 0.261 e. The summed E-state index contributed by atoms with van der Waals surface area (Å²) < 4.78 is 19.7. The molecule has 3 aromatic carbocycles. The van der Waals surface area contributed by atoms with Crippen molar-refractivity contribution >= 4 is 18.7 Å². The van der Waals surface area contributed by atoms with Crippen LogP contribution in [0.3, 0.4) is 0 Å². The maximum Gasteiger partial charge on any atom is 0.261 e. The molecule has 1 saturated heterocycles. The van der Waals surface area contributed by atoms with Crippen LogP contribution in [0.25, 0.3) is 0 Å². The maximum atomic E-state index is 10.3. The SMILES string of the molecule is CC(CCC[C@]1(C)OC(O)CC[C@H]1OCc1ccccc1)CO[Si](c1ccccc1)(c1ccccc1)C(C)(C)C. The molecule has 5 heteroatoms. The number of aliphatic hydroxyl groups excluding tert-OH is 1. The highest BCUT2D eigenvalue weighted by Gasteiger charge is 2.50. The van der Waals surface area contributed by atoms with Crippen molar-refractivity contribution in [1.82, 2.24) is 0 Å². The Balaban J connectivity index is 1.41. The Bertz CT molecular complexity index is 1110. The number of ether oxygens (including phenoxy) is 2. The van der Waals surface area contributed by atoms with Gasteiger partial charge in [-0.15, -0.1) is 0 Å². The summed E-state index contributed by atoms with van der Waals surface area (Å²) in [5, 5.41) is 12.9. The van der Waals surface area contributed by atoms with Crippen molar-refractivity contribution in [2.75, 3.05) is 6.61 Å². The molecule has 4 atom stereocenters. The highest BCUT2D eigenvalue weighted by molar-refractivity contribution is 6.99. The molecule has 0 radical (unpaired) electrons. The number of hydrogen-bond acceptors (Lipinski definition) is 4. The fourth-order valence-corrected chi connectivity index (χ4v) is 10.9. The molecule has 1 heterocycles. The molecule has 4 nitrogen and oxygen atoms in total. The van der Waals surface area contributed by atoms with Crippen LogP contribution in [0, 0.1) is 5.92 Å². The minimum Gasteiger partial charge on any atom is -0.407 e. The van der Waals surface area contributed by atoms with Gasteiger partial charge in [0.1, 0.15) is 0 Å². The third-order valence-electron chi connectivity index (χ3n) is 8.43. The molecular formula is C35H48O4Si. The van der Waals surface area contributed by atoms with Gasteiger partial charge in [0, 0.05) is 13.0 Å². The summed E-state index contributed by atoms with van der Waals surface area (Å²) in [6.45, 7) is 12.6. The predicted molar refractivity (Wildman–Crippen MR) is 166 cm³/mol. The number of hydrogen-bond donors (Lipinski definition) is 1. The lowest BCUT2D eigenvalue weighted by Crippen LogP contribution is -2.66. The normalized spacial score (nSPS) is 22.6. The molecule has 0 amide bonds. The summed E-state index contributed by atoms with van der Waals surface area (Å²) in [6.07, 6.45) is 3.50. The predicted octanol–water partition coefficient (Wildman–Crippen LogP) is 6.84. The lowest BCUT2D eigenvalue weighted by Gasteiger charge is -2.44. The Hall–Kier alpha value is -2.28. The molecule has 2 unspecified atom stereocenters. The summed E-state index contributed by atoms with van der Waals surface area (Å²) in [5.74, 6) is 0.391. The first-order valence-corrected chi connectivity index (χ1v) is 16.8. The Morgan fingerprint density at radius 2 is 1.45 bits per heavy atom. The van der Waals surface area contributed by atoms with Crippen molar-refractivity contribution in [3.63, 3.8) is 0 Å². The summed E-state index contributed by atoms with van der Waals surface area (Å²) in [5.41, 5.74) is 0.649. The van der Waals surface area contributed by atoms with Crippen LogP contribution in [-0.4, -0.2) is 38.0 Å². The largest absolute Gasteiger partial charge is 0.407 e. The molecule has 4 rings (SSSR count). The van der Waals surface area contributed by atoms with Gasteiger partial charge < -0.3 is 19.0 Å². The van der Waals surface area contributed by atoms with Gasteiger partial charge in [-0.2, -0.15) is 0 Å². The first-order chi connectivity index (χ1) is 19.1. The molecule has 0 aromatic heterocycles. The third kappa shape index (κ3) is 7.31. The van der Waals surface area contributed by atoms with Gasteiger partial charge in [-0.25, -0.2) is 0 Å².